The third kappa shape index (κ3) is 2.73. The zero-order chi connectivity index (χ0) is 20.2. The molecular formula is C23H21N5O2. The van der Waals surface area contributed by atoms with Crippen molar-refractivity contribution in [3.8, 4) is 11.4 Å². The van der Waals surface area contributed by atoms with Crippen LogP contribution in [0.1, 0.15) is 35.8 Å². The summed E-state index contributed by atoms with van der Waals surface area (Å²) in [5.41, 5.74) is 5.64. The van der Waals surface area contributed by atoms with Crippen molar-refractivity contribution in [2.45, 2.75) is 31.6 Å². The Kier molecular flexibility index (Phi) is 3.78. The fourth-order valence-electron chi connectivity index (χ4n) is 4.65. The van der Waals surface area contributed by atoms with E-state index in [1.165, 1.54) is 17.5 Å². The van der Waals surface area contributed by atoms with E-state index in [0.717, 1.165) is 35.0 Å². The van der Waals surface area contributed by atoms with Gasteiger partial charge in [-0.1, -0.05) is 23.4 Å². The molecule has 0 radical (unpaired) electrons. The number of carbonyl (C=O) groups excluding carboxylic acids is 1. The average Bonchev–Trinajstić information content (AvgIpc) is 3.54. The molecule has 6 rings (SSSR count). The van der Waals surface area contributed by atoms with Crippen LogP contribution in [-0.2, 0) is 24.7 Å². The highest BCUT2D eigenvalue weighted by molar-refractivity contribution is 5.96. The summed E-state index contributed by atoms with van der Waals surface area (Å²) in [5.74, 6) is 1.07. The van der Waals surface area contributed by atoms with Gasteiger partial charge in [-0.2, -0.15) is 10.1 Å². The van der Waals surface area contributed by atoms with Crippen LogP contribution in [0.3, 0.4) is 0 Å². The van der Waals surface area contributed by atoms with Crippen LogP contribution in [-0.4, -0.2) is 32.4 Å². The Morgan fingerprint density at radius 1 is 1.10 bits per heavy atom. The SMILES string of the molecule is Cn1ncc2ccc(-c3noc(C4CC(=O)N(c5ccc6c(c5)CCC6)C4)n3)cc21. The monoisotopic (exact) mass is 399 g/mol. The van der Waals surface area contributed by atoms with Gasteiger partial charge in [-0.25, -0.2) is 0 Å². The topological polar surface area (TPSA) is 77.0 Å². The first kappa shape index (κ1) is 17.4. The quantitative estimate of drug-likeness (QED) is 0.526. The molecule has 2 aliphatic rings. The molecule has 0 bridgehead atoms. The lowest BCUT2D eigenvalue weighted by atomic mass is 10.1. The molecule has 0 spiro atoms. The van der Waals surface area contributed by atoms with Crippen LogP contribution >= 0.6 is 0 Å². The molecule has 30 heavy (non-hydrogen) atoms. The van der Waals surface area contributed by atoms with Crippen LogP contribution in [0.25, 0.3) is 22.3 Å². The van der Waals surface area contributed by atoms with Crippen molar-refractivity contribution < 1.29 is 9.32 Å². The molecule has 0 N–H and O–H groups in total. The number of aromatic nitrogens is 4. The Morgan fingerprint density at radius 2 is 2.00 bits per heavy atom. The molecule has 1 fully saturated rings. The standard InChI is InChI=1S/C23H21N5O2/c1-27-20-10-16(5-6-17(20)12-24-27)22-25-23(30-26-22)18-11-21(29)28(13-18)19-8-7-14-3-2-4-15(14)9-19/h5-10,12,18H,2-4,11,13H2,1H3. The second-order valence-corrected chi connectivity index (χ2v) is 8.21. The lowest BCUT2D eigenvalue weighted by Gasteiger charge is -2.17. The average molecular weight is 399 g/mol. The van der Waals surface area contributed by atoms with E-state index in [0.29, 0.717) is 24.7 Å². The minimum atomic E-state index is -0.0903. The van der Waals surface area contributed by atoms with Crippen molar-refractivity contribution in [2.24, 2.45) is 7.05 Å². The second-order valence-electron chi connectivity index (χ2n) is 8.21. The first-order valence-electron chi connectivity index (χ1n) is 10.3. The first-order valence-corrected chi connectivity index (χ1v) is 10.3. The summed E-state index contributed by atoms with van der Waals surface area (Å²) in [6.45, 7) is 0.569. The summed E-state index contributed by atoms with van der Waals surface area (Å²) >= 11 is 0. The van der Waals surface area contributed by atoms with E-state index in [4.69, 9.17) is 4.52 Å². The van der Waals surface area contributed by atoms with Gasteiger partial charge in [0.15, 0.2) is 0 Å². The maximum Gasteiger partial charge on any atom is 0.232 e. The van der Waals surface area contributed by atoms with Crippen molar-refractivity contribution in [1.82, 2.24) is 19.9 Å². The summed E-state index contributed by atoms with van der Waals surface area (Å²) in [7, 11) is 1.91. The number of carbonyl (C=O) groups is 1. The van der Waals surface area contributed by atoms with Gasteiger partial charge in [-0.3, -0.25) is 9.48 Å². The Morgan fingerprint density at radius 3 is 2.93 bits per heavy atom. The largest absolute Gasteiger partial charge is 0.339 e. The summed E-state index contributed by atoms with van der Waals surface area (Å²) in [6.07, 6.45) is 5.66. The van der Waals surface area contributed by atoms with Crippen molar-refractivity contribution in [3.63, 3.8) is 0 Å². The molecule has 1 unspecified atom stereocenters. The zero-order valence-corrected chi connectivity index (χ0v) is 16.7. The minimum Gasteiger partial charge on any atom is -0.339 e. The Balaban J connectivity index is 1.26. The van der Waals surface area contributed by atoms with Crippen LogP contribution in [0, 0.1) is 0 Å². The maximum atomic E-state index is 12.7. The normalized spacial score (nSPS) is 18.5. The molecule has 7 nitrogen and oxygen atoms in total. The van der Waals surface area contributed by atoms with Crippen molar-refractivity contribution >= 4 is 22.5 Å². The van der Waals surface area contributed by atoms with E-state index >= 15 is 0 Å². The van der Waals surface area contributed by atoms with Crippen LogP contribution in [0.4, 0.5) is 5.69 Å². The molecule has 1 aliphatic heterocycles. The van der Waals surface area contributed by atoms with Gasteiger partial charge in [0.05, 0.1) is 17.6 Å². The molecule has 4 aromatic rings. The summed E-state index contributed by atoms with van der Waals surface area (Å²) in [5, 5.41) is 9.52. The Hall–Kier alpha value is -3.48. The Bertz CT molecular complexity index is 1290. The van der Waals surface area contributed by atoms with Gasteiger partial charge in [0.1, 0.15) is 0 Å². The Labute approximate surface area is 173 Å². The number of anilines is 1. The first-order chi connectivity index (χ1) is 14.7. The summed E-state index contributed by atoms with van der Waals surface area (Å²) in [6, 6.07) is 12.4. The number of nitrogens with zero attached hydrogens (tertiary/aromatic N) is 5. The van der Waals surface area contributed by atoms with Gasteiger partial charge in [-0.15, -0.1) is 0 Å². The van der Waals surface area contributed by atoms with Crippen LogP contribution < -0.4 is 4.90 Å². The number of amides is 1. The fourth-order valence-corrected chi connectivity index (χ4v) is 4.65. The van der Waals surface area contributed by atoms with Gasteiger partial charge in [0.25, 0.3) is 0 Å². The van der Waals surface area contributed by atoms with E-state index in [1.54, 1.807) is 0 Å². The van der Waals surface area contributed by atoms with Crippen LogP contribution in [0.15, 0.2) is 47.1 Å². The molecule has 2 aromatic carbocycles. The highest BCUT2D eigenvalue weighted by Gasteiger charge is 2.35. The van der Waals surface area contributed by atoms with Crippen molar-refractivity contribution in [2.75, 3.05) is 11.4 Å². The predicted molar refractivity (Wildman–Crippen MR) is 112 cm³/mol. The van der Waals surface area contributed by atoms with Gasteiger partial charge in [0, 0.05) is 36.7 Å². The predicted octanol–water partition coefficient (Wildman–Crippen LogP) is 3.63. The molecule has 150 valence electrons. The molecule has 1 saturated heterocycles. The van der Waals surface area contributed by atoms with E-state index in [2.05, 4.69) is 33.4 Å². The molecule has 0 saturated carbocycles. The second kappa shape index (κ2) is 6.52. The summed E-state index contributed by atoms with van der Waals surface area (Å²) < 4.78 is 7.39. The van der Waals surface area contributed by atoms with Gasteiger partial charge >= 0.3 is 0 Å². The number of hydrogen-bond acceptors (Lipinski definition) is 5. The molecule has 1 atom stereocenters. The lowest BCUT2D eigenvalue weighted by Crippen LogP contribution is -2.24. The smallest absolute Gasteiger partial charge is 0.232 e. The van der Waals surface area contributed by atoms with Gasteiger partial charge in [0.2, 0.25) is 17.6 Å². The number of benzene rings is 2. The minimum absolute atomic E-state index is 0.0903. The zero-order valence-electron chi connectivity index (χ0n) is 16.7. The van der Waals surface area contributed by atoms with Crippen molar-refractivity contribution in [1.29, 1.82) is 0 Å². The van der Waals surface area contributed by atoms with E-state index in [1.807, 2.05) is 41.0 Å². The highest BCUT2D eigenvalue weighted by Crippen LogP contribution is 2.34. The molecule has 1 aliphatic carbocycles. The van der Waals surface area contributed by atoms with E-state index in [-0.39, 0.29) is 11.8 Å². The van der Waals surface area contributed by atoms with Crippen LogP contribution in [0.5, 0.6) is 0 Å². The van der Waals surface area contributed by atoms with Gasteiger partial charge < -0.3 is 9.42 Å². The molecule has 3 heterocycles. The lowest BCUT2D eigenvalue weighted by molar-refractivity contribution is -0.117. The number of rotatable bonds is 3. The van der Waals surface area contributed by atoms with Crippen molar-refractivity contribution in [3.05, 3.63) is 59.6 Å². The van der Waals surface area contributed by atoms with Gasteiger partial charge in [-0.05, 0) is 48.6 Å². The highest BCUT2D eigenvalue weighted by atomic mass is 16.5. The number of fused-ring (bicyclic) bond motifs is 2. The third-order valence-electron chi connectivity index (χ3n) is 6.32. The fraction of sp³-hybridized carbons (Fsp3) is 0.304. The third-order valence-corrected chi connectivity index (χ3v) is 6.32. The number of hydrogen-bond donors (Lipinski definition) is 0. The molecule has 1 amide bonds. The van der Waals surface area contributed by atoms with E-state index in [9.17, 15) is 4.79 Å². The molecule has 2 aromatic heterocycles. The maximum absolute atomic E-state index is 12.7. The summed E-state index contributed by atoms with van der Waals surface area (Å²) in [4.78, 5) is 19.2. The number of aryl methyl sites for hydroxylation is 3. The van der Waals surface area contributed by atoms with Crippen LogP contribution in [0.2, 0.25) is 0 Å². The molecular weight excluding hydrogens is 378 g/mol. The molecule has 7 heteroatoms. The van der Waals surface area contributed by atoms with E-state index < -0.39 is 0 Å².